The zero-order chi connectivity index (χ0) is 16.6. The number of nitrogens with zero attached hydrogens (tertiary/aromatic N) is 2. The molecule has 2 N–H and O–H groups in total. The fourth-order valence-electron chi connectivity index (χ4n) is 2.47. The molecule has 1 unspecified atom stereocenters. The maximum absolute atomic E-state index is 12.6. The maximum atomic E-state index is 12.6. The molecule has 1 aromatic carbocycles. The lowest BCUT2D eigenvalue weighted by Gasteiger charge is -2.18. The molecule has 0 aliphatic rings. The minimum Gasteiger partial charge on any atom is -0.382 e. The zero-order valence-corrected chi connectivity index (χ0v) is 13.4. The molecule has 0 saturated carbocycles. The quantitative estimate of drug-likeness (QED) is 0.763. The SMILES string of the molecule is CC(C)(C)c1nc2ccnc(C(O)c3ccccc3)c2c(=O)[nH]1. The first-order chi connectivity index (χ1) is 10.9. The van der Waals surface area contributed by atoms with Crippen molar-refractivity contribution in [3.63, 3.8) is 0 Å². The Labute approximate surface area is 134 Å². The van der Waals surface area contributed by atoms with Gasteiger partial charge in [0, 0.05) is 11.6 Å². The van der Waals surface area contributed by atoms with Crippen LogP contribution in [0.4, 0.5) is 0 Å². The molecule has 5 heteroatoms. The molecular formula is C18H19N3O2. The molecule has 2 aromatic heterocycles. The van der Waals surface area contributed by atoms with Crippen molar-refractivity contribution in [2.24, 2.45) is 0 Å². The van der Waals surface area contributed by atoms with Gasteiger partial charge in [0.1, 0.15) is 11.9 Å². The van der Waals surface area contributed by atoms with Crippen molar-refractivity contribution in [1.29, 1.82) is 0 Å². The molecule has 3 rings (SSSR count). The van der Waals surface area contributed by atoms with Gasteiger partial charge in [-0.1, -0.05) is 51.1 Å². The first-order valence-electron chi connectivity index (χ1n) is 7.50. The van der Waals surface area contributed by atoms with Gasteiger partial charge >= 0.3 is 0 Å². The van der Waals surface area contributed by atoms with Gasteiger partial charge in [-0.25, -0.2) is 4.98 Å². The second-order valence-electron chi connectivity index (χ2n) is 6.57. The van der Waals surface area contributed by atoms with E-state index in [1.807, 2.05) is 39.0 Å². The van der Waals surface area contributed by atoms with Gasteiger partial charge < -0.3 is 10.1 Å². The van der Waals surface area contributed by atoms with Crippen LogP contribution in [0.3, 0.4) is 0 Å². The van der Waals surface area contributed by atoms with Crippen LogP contribution in [0.1, 0.15) is 44.0 Å². The average Bonchev–Trinajstić information content (AvgIpc) is 2.53. The maximum Gasteiger partial charge on any atom is 0.260 e. The van der Waals surface area contributed by atoms with E-state index in [2.05, 4.69) is 15.0 Å². The van der Waals surface area contributed by atoms with Crippen LogP contribution < -0.4 is 5.56 Å². The van der Waals surface area contributed by atoms with Gasteiger partial charge in [-0.15, -0.1) is 0 Å². The third-order valence-electron chi connectivity index (χ3n) is 3.73. The molecule has 118 valence electrons. The zero-order valence-electron chi connectivity index (χ0n) is 13.4. The third-order valence-corrected chi connectivity index (χ3v) is 3.73. The van der Waals surface area contributed by atoms with Gasteiger partial charge in [0.05, 0.1) is 16.6 Å². The fourth-order valence-corrected chi connectivity index (χ4v) is 2.47. The van der Waals surface area contributed by atoms with Crippen molar-refractivity contribution in [2.45, 2.75) is 32.3 Å². The Balaban J connectivity index is 2.22. The van der Waals surface area contributed by atoms with Crippen molar-refractivity contribution in [2.75, 3.05) is 0 Å². The van der Waals surface area contributed by atoms with Crippen LogP contribution in [0.15, 0.2) is 47.4 Å². The van der Waals surface area contributed by atoms with E-state index in [-0.39, 0.29) is 11.0 Å². The number of aromatic nitrogens is 3. The van der Waals surface area contributed by atoms with E-state index in [1.54, 1.807) is 24.4 Å². The van der Waals surface area contributed by atoms with E-state index < -0.39 is 6.10 Å². The lowest BCUT2D eigenvalue weighted by atomic mass is 9.95. The number of aliphatic hydroxyl groups is 1. The van der Waals surface area contributed by atoms with Crippen LogP contribution in [0, 0.1) is 0 Å². The highest BCUT2D eigenvalue weighted by Crippen LogP contribution is 2.25. The molecule has 23 heavy (non-hydrogen) atoms. The Bertz CT molecular complexity index is 896. The van der Waals surface area contributed by atoms with E-state index in [0.717, 1.165) is 0 Å². The standard InChI is InChI=1S/C18H19N3O2/c1-18(2,3)17-20-12-9-10-19-14(13(12)16(23)21-17)15(22)11-7-5-4-6-8-11/h4-10,15,22H,1-3H3,(H,20,21,23). The van der Waals surface area contributed by atoms with E-state index in [0.29, 0.717) is 28.0 Å². The number of aromatic amines is 1. The monoisotopic (exact) mass is 309 g/mol. The molecule has 0 saturated heterocycles. The Morgan fingerprint density at radius 1 is 1.13 bits per heavy atom. The lowest BCUT2D eigenvalue weighted by Crippen LogP contribution is -2.23. The Morgan fingerprint density at radius 2 is 1.83 bits per heavy atom. The highest BCUT2D eigenvalue weighted by atomic mass is 16.3. The van der Waals surface area contributed by atoms with Gasteiger partial charge in [0.2, 0.25) is 0 Å². The minimum absolute atomic E-state index is 0.269. The van der Waals surface area contributed by atoms with Crippen molar-refractivity contribution < 1.29 is 5.11 Å². The molecule has 0 aliphatic carbocycles. The topological polar surface area (TPSA) is 78.9 Å². The first-order valence-corrected chi connectivity index (χ1v) is 7.50. The minimum atomic E-state index is -0.969. The first kappa shape index (κ1) is 15.4. The number of rotatable bonds is 2. The number of fused-ring (bicyclic) bond motifs is 1. The molecule has 2 heterocycles. The molecule has 0 aliphatic heterocycles. The molecule has 0 spiro atoms. The smallest absolute Gasteiger partial charge is 0.260 e. The Morgan fingerprint density at radius 3 is 2.48 bits per heavy atom. The van der Waals surface area contributed by atoms with Crippen LogP contribution in [0.5, 0.6) is 0 Å². The number of aliphatic hydroxyl groups excluding tert-OH is 1. The van der Waals surface area contributed by atoms with Crippen molar-refractivity contribution >= 4 is 10.9 Å². The predicted molar refractivity (Wildman–Crippen MR) is 89.4 cm³/mol. The molecule has 0 radical (unpaired) electrons. The van der Waals surface area contributed by atoms with Gasteiger partial charge in [0.25, 0.3) is 5.56 Å². The van der Waals surface area contributed by atoms with Gasteiger partial charge in [-0.2, -0.15) is 0 Å². The van der Waals surface area contributed by atoms with Crippen molar-refractivity contribution in [3.05, 3.63) is 70.0 Å². The van der Waals surface area contributed by atoms with Crippen LogP contribution in [-0.2, 0) is 5.41 Å². The number of pyridine rings is 1. The predicted octanol–water partition coefficient (Wildman–Crippen LogP) is 2.70. The fraction of sp³-hybridized carbons (Fsp3) is 0.278. The summed E-state index contributed by atoms with van der Waals surface area (Å²) in [7, 11) is 0. The Hall–Kier alpha value is -2.53. The number of nitrogens with one attached hydrogen (secondary N) is 1. The normalized spacial score (nSPS) is 13.2. The van der Waals surface area contributed by atoms with Crippen LogP contribution in [-0.4, -0.2) is 20.1 Å². The Kier molecular flexibility index (Phi) is 3.74. The number of benzene rings is 1. The van der Waals surface area contributed by atoms with Crippen LogP contribution >= 0.6 is 0 Å². The van der Waals surface area contributed by atoms with E-state index >= 15 is 0 Å². The lowest BCUT2D eigenvalue weighted by molar-refractivity contribution is 0.217. The highest BCUT2D eigenvalue weighted by Gasteiger charge is 2.22. The highest BCUT2D eigenvalue weighted by molar-refractivity contribution is 5.80. The van der Waals surface area contributed by atoms with Crippen molar-refractivity contribution in [1.82, 2.24) is 15.0 Å². The van der Waals surface area contributed by atoms with Crippen LogP contribution in [0.2, 0.25) is 0 Å². The summed E-state index contributed by atoms with van der Waals surface area (Å²) in [5, 5.41) is 10.9. The van der Waals surface area contributed by atoms with Crippen LogP contribution in [0.25, 0.3) is 10.9 Å². The molecule has 0 amide bonds. The number of hydrogen-bond acceptors (Lipinski definition) is 4. The number of hydrogen-bond donors (Lipinski definition) is 2. The molecule has 0 bridgehead atoms. The largest absolute Gasteiger partial charge is 0.382 e. The summed E-state index contributed by atoms with van der Waals surface area (Å²) >= 11 is 0. The van der Waals surface area contributed by atoms with E-state index in [9.17, 15) is 9.90 Å². The average molecular weight is 309 g/mol. The summed E-state index contributed by atoms with van der Waals surface area (Å²) < 4.78 is 0. The van der Waals surface area contributed by atoms with Gasteiger partial charge in [0.15, 0.2) is 0 Å². The molecule has 3 aromatic rings. The van der Waals surface area contributed by atoms with E-state index in [4.69, 9.17) is 0 Å². The molecule has 5 nitrogen and oxygen atoms in total. The summed E-state index contributed by atoms with van der Waals surface area (Å²) in [5.74, 6) is 0.612. The molecular weight excluding hydrogens is 290 g/mol. The third kappa shape index (κ3) is 2.87. The summed E-state index contributed by atoms with van der Waals surface area (Å²) in [5.41, 5.74) is 1.00. The van der Waals surface area contributed by atoms with E-state index in [1.165, 1.54) is 0 Å². The molecule has 0 fully saturated rings. The summed E-state index contributed by atoms with van der Waals surface area (Å²) in [6.07, 6.45) is 0.603. The van der Waals surface area contributed by atoms with Gasteiger partial charge in [-0.3, -0.25) is 9.78 Å². The summed E-state index contributed by atoms with van der Waals surface area (Å²) in [6.45, 7) is 5.95. The second-order valence-corrected chi connectivity index (χ2v) is 6.57. The number of H-pyrrole nitrogens is 1. The van der Waals surface area contributed by atoms with Gasteiger partial charge in [-0.05, 0) is 11.6 Å². The summed E-state index contributed by atoms with van der Waals surface area (Å²) in [4.78, 5) is 24.1. The summed E-state index contributed by atoms with van der Waals surface area (Å²) in [6, 6.07) is 10.8. The molecule has 1 atom stereocenters. The van der Waals surface area contributed by atoms with Crippen molar-refractivity contribution in [3.8, 4) is 0 Å². The second kappa shape index (κ2) is 5.59.